The first-order valence-electron chi connectivity index (χ1n) is 14.3. The van der Waals surface area contributed by atoms with Crippen LogP contribution in [0.4, 0.5) is 11.4 Å². The molecule has 4 amide bonds. The number of hydrogen-bond donors (Lipinski definition) is 2. The van der Waals surface area contributed by atoms with Crippen LogP contribution in [0.1, 0.15) is 51.4 Å². The summed E-state index contributed by atoms with van der Waals surface area (Å²) in [6, 6.07) is 9.79. The van der Waals surface area contributed by atoms with Crippen LogP contribution in [0.3, 0.4) is 0 Å². The number of anilines is 2. The van der Waals surface area contributed by atoms with Gasteiger partial charge in [0.25, 0.3) is 11.8 Å². The Bertz CT molecular complexity index is 1490. The summed E-state index contributed by atoms with van der Waals surface area (Å²) in [5, 5.41) is 7.13. The SMILES string of the molecule is O=C(CCCCCN1C(=O)/C(=C2\SC(=S)N(CCCCCC(=O)Nc3ccc(Cl)c(Cl)c3)C2=O)SC1=S)Nc1ccc(Cl)c(Cl)c1. The van der Waals surface area contributed by atoms with Crippen LogP contribution in [0.5, 0.6) is 0 Å². The van der Waals surface area contributed by atoms with Gasteiger partial charge in [-0.15, -0.1) is 0 Å². The number of nitrogens with zero attached hydrogens (tertiary/aromatic N) is 2. The summed E-state index contributed by atoms with van der Waals surface area (Å²) in [5.41, 5.74) is 1.15. The van der Waals surface area contributed by atoms with Gasteiger partial charge in [-0.25, -0.2) is 0 Å². The molecule has 2 aromatic rings. The summed E-state index contributed by atoms with van der Waals surface area (Å²) in [5.74, 6) is -0.894. The Morgan fingerprint density at radius 3 is 1.37 bits per heavy atom. The number of carbonyl (C=O) groups excluding carboxylic acids is 4. The van der Waals surface area contributed by atoms with Crippen molar-refractivity contribution >= 4 is 138 Å². The number of benzene rings is 2. The lowest BCUT2D eigenvalue weighted by Crippen LogP contribution is -2.31. The van der Waals surface area contributed by atoms with Crippen LogP contribution in [0, 0.1) is 0 Å². The van der Waals surface area contributed by atoms with Gasteiger partial charge in [0.1, 0.15) is 8.64 Å². The molecule has 0 unspecified atom stereocenters. The molecule has 2 heterocycles. The maximum Gasteiger partial charge on any atom is 0.267 e. The number of thiocarbonyl (C=S) groups is 2. The number of nitrogens with one attached hydrogen (secondary N) is 2. The van der Waals surface area contributed by atoms with Gasteiger partial charge in [0.15, 0.2) is 0 Å². The van der Waals surface area contributed by atoms with E-state index in [0.717, 1.165) is 23.5 Å². The topological polar surface area (TPSA) is 98.8 Å². The number of thioether (sulfide) groups is 2. The van der Waals surface area contributed by atoms with E-state index in [1.807, 2.05) is 0 Å². The van der Waals surface area contributed by atoms with E-state index in [0.29, 0.717) is 114 Å². The molecule has 2 aliphatic rings. The van der Waals surface area contributed by atoms with Crippen molar-refractivity contribution < 1.29 is 19.2 Å². The second-order valence-electron chi connectivity index (χ2n) is 10.3. The lowest BCUT2D eigenvalue weighted by molar-refractivity contribution is -0.124. The molecule has 244 valence electrons. The molecule has 0 bridgehead atoms. The van der Waals surface area contributed by atoms with Gasteiger partial charge in [-0.1, -0.05) is 107 Å². The van der Waals surface area contributed by atoms with Crippen molar-refractivity contribution in [2.75, 3.05) is 23.7 Å². The van der Waals surface area contributed by atoms with Crippen molar-refractivity contribution in [2.45, 2.75) is 51.4 Å². The number of amides is 4. The highest BCUT2D eigenvalue weighted by Crippen LogP contribution is 2.42. The summed E-state index contributed by atoms with van der Waals surface area (Å²) < 4.78 is 0.781. The van der Waals surface area contributed by atoms with Crippen LogP contribution in [-0.4, -0.2) is 55.2 Å². The lowest BCUT2D eigenvalue weighted by atomic mass is 10.1. The molecule has 0 saturated carbocycles. The summed E-state index contributed by atoms with van der Waals surface area (Å²) in [7, 11) is 0. The highest BCUT2D eigenvalue weighted by Gasteiger charge is 2.41. The van der Waals surface area contributed by atoms with Crippen molar-refractivity contribution in [3.63, 3.8) is 0 Å². The molecular weight excluding hydrogens is 750 g/mol. The fourth-order valence-corrected chi connectivity index (χ4v) is 7.88. The standard InChI is InChI=1S/C30H28Cl4N4O4S4/c31-19-11-9-17(15-21(19)33)35-23(39)7-3-1-5-13-37-27(41)25(45-29(37)43)26-28(42)38(30(44)46-26)14-6-2-4-8-24(40)36-18-10-12-20(32)22(34)16-18/h9-12,15-16H,1-8,13-14H2,(H,35,39)(H,36,40)/b26-25+. The summed E-state index contributed by atoms with van der Waals surface area (Å²) >= 11 is 36.9. The average Bonchev–Trinajstić information content (AvgIpc) is 3.44. The van der Waals surface area contributed by atoms with Crippen LogP contribution in [0.15, 0.2) is 46.2 Å². The molecule has 2 aromatic carbocycles. The van der Waals surface area contributed by atoms with Crippen LogP contribution in [0.25, 0.3) is 0 Å². The summed E-state index contributed by atoms with van der Waals surface area (Å²) in [6.45, 7) is 0.781. The minimum atomic E-state index is -0.305. The fourth-order valence-electron chi connectivity index (χ4n) is 4.51. The minimum Gasteiger partial charge on any atom is -0.326 e. The molecule has 0 aromatic heterocycles. The first-order chi connectivity index (χ1) is 21.9. The highest BCUT2D eigenvalue weighted by molar-refractivity contribution is 8.29. The van der Waals surface area contributed by atoms with E-state index in [1.54, 1.807) is 36.4 Å². The molecule has 0 aliphatic carbocycles. The molecule has 2 aliphatic heterocycles. The predicted octanol–water partition coefficient (Wildman–Crippen LogP) is 8.93. The number of carbonyl (C=O) groups is 4. The molecule has 2 N–H and O–H groups in total. The van der Waals surface area contributed by atoms with Gasteiger partial charge in [-0.3, -0.25) is 29.0 Å². The number of hydrogen-bond acceptors (Lipinski definition) is 8. The molecule has 4 rings (SSSR count). The zero-order chi connectivity index (χ0) is 33.4. The Hall–Kier alpha value is -1.90. The molecule has 16 heteroatoms. The molecule has 0 spiro atoms. The normalized spacial score (nSPS) is 16.5. The Morgan fingerprint density at radius 1 is 0.609 bits per heavy atom. The van der Waals surface area contributed by atoms with Crippen LogP contribution in [-0.2, 0) is 19.2 Å². The van der Waals surface area contributed by atoms with Crippen molar-refractivity contribution in [2.24, 2.45) is 0 Å². The van der Waals surface area contributed by atoms with Crippen LogP contribution < -0.4 is 10.6 Å². The Morgan fingerprint density at radius 2 is 1.00 bits per heavy atom. The van der Waals surface area contributed by atoms with Gasteiger partial charge in [-0.05, 0) is 62.1 Å². The van der Waals surface area contributed by atoms with E-state index in [4.69, 9.17) is 70.8 Å². The third-order valence-corrected chi connectivity index (χ3v) is 11.4. The van der Waals surface area contributed by atoms with Crippen molar-refractivity contribution in [1.82, 2.24) is 9.80 Å². The van der Waals surface area contributed by atoms with Crippen LogP contribution >= 0.6 is 94.4 Å². The molecule has 0 radical (unpaired) electrons. The highest BCUT2D eigenvalue weighted by atomic mass is 35.5. The Balaban J connectivity index is 1.17. The van der Waals surface area contributed by atoms with E-state index >= 15 is 0 Å². The third-order valence-electron chi connectivity index (χ3n) is 6.88. The van der Waals surface area contributed by atoms with E-state index < -0.39 is 0 Å². The average molecular weight is 779 g/mol. The quantitative estimate of drug-likeness (QED) is 0.112. The van der Waals surface area contributed by atoms with Crippen molar-refractivity contribution in [3.8, 4) is 0 Å². The molecule has 2 fully saturated rings. The number of unbranched alkanes of at least 4 members (excludes halogenated alkanes) is 4. The van der Waals surface area contributed by atoms with Gasteiger partial charge in [0.05, 0.1) is 29.9 Å². The summed E-state index contributed by atoms with van der Waals surface area (Å²) in [6.07, 6.45) is 4.59. The van der Waals surface area contributed by atoms with E-state index in [1.165, 1.54) is 9.80 Å². The van der Waals surface area contributed by atoms with E-state index in [2.05, 4.69) is 10.6 Å². The maximum absolute atomic E-state index is 13.2. The second-order valence-corrected chi connectivity index (χ2v) is 15.2. The predicted molar refractivity (Wildman–Crippen MR) is 198 cm³/mol. The van der Waals surface area contributed by atoms with Crippen molar-refractivity contribution in [3.05, 3.63) is 66.3 Å². The van der Waals surface area contributed by atoms with Crippen molar-refractivity contribution in [1.29, 1.82) is 0 Å². The summed E-state index contributed by atoms with van der Waals surface area (Å²) in [4.78, 5) is 54.5. The fraction of sp³-hybridized carbons (Fsp3) is 0.333. The molecule has 8 nitrogen and oxygen atoms in total. The first-order valence-corrected chi connectivity index (χ1v) is 18.2. The number of rotatable bonds is 14. The smallest absolute Gasteiger partial charge is 0.267 e. The van der Waals surface area contributed by atoms with Gasteiger partial charge < -0.3 is 10.6 Å². The zero-order valence-electron chi connectivity index (χ0n) is 24.2. The van der Waals surface area contributed by atoms with E-state index in [-0.39, 0.29) is 23.6 Å². The van der Waals surface area contributed by atoms with Gasteiger partial charge in [0, 0.05) is 37.3 Å². The maximum atomic E-state index is 13.2. The monoisotopic (exact) mass is 776 g/mol. The zero-order valence-corrected chi connectivity index (χ0v) is 30.5. The van der Waals surface area contributed by atoms with Gasteiger partial charge >= 0.3 is 0 Å². The van der Waals surface area contributed by atoms with Crippen LogP contribution in [0.2, 0.25) is 20.1 Å². The molecule has 2 saturated heterocycles. The third kappa shape index (κ3) is 10.1. The number of halogens is 4. The molecule has 0 atom stereocenters. The molecular formula is C30H28Cl4N4O4S4. The van der Waals surface area contributed by atoms with Gasteiger partial charge in [0.2, 0.25) is 11.8 Å². The lowest BCUT2D eigenvalue weighted by Gasteiger charge is -2.14. The Labute approximate surface area is 306 Å². The Kier molecular flexibility index (Phi) is 14.0. The van der Waals surface area contributed by atoms with Gasteiger partial charge in [-0.2, -0.15) is 0 Å². The first kappa shape index (κ1) is 36.9. The second kappa shape index (κ2) is 17.5. The molecule has 46 heavy (non-hydrogen) atoms. The minimum absolute atomic E-state index is 0.142. The largest absolute Gasteiger partial charge is 0.326 e. The van der Waals surface area contributed by atoms with E-state index in [9.17, 15) is 19.2 Å².